The lowest BCUT2D eigenvalue weighted by Crippen LogP contribution is -2.38. The van der Waals surface area contributed by atoms with Crippen molar-refractivity contribution in [3.05, 3.63) is 28.8 Å². The summed E-state index contributed by atoms with van der Waals surface area (Å²) in [6, 6.07) is 6.13. The predicted molar refractivity (Wildman–Crippen MR) is 94.5 cm³/mol. The Morgan fingerprint density at radius 1 is 1.48 bits per heavy atom. The Labute approximate surface area is 162 Å². The van der Waals surface area contributed by atoms with Crippen molar-refractivity contribution < 1.29 is 28.2 Å². The number of hydrogen-bond acceptors (Lipinski definition) is 6. The lowest BCUT2D eigenvalue weighted by atomic mass is 9.74. The molecule has 3 aliphatic rings. The molecule has 8 nitrogen and oxygen atoms in total. The highest BCUT2D eigenvalue weighted by Crippen LogP contribution is 2.55. The number of carboxylic acid groups (broad SMARTS) is 1. The van der Waals surface area contributed by atoms with E-state index in [0.717, 1.165) is 12.8 Å². The van der Waals surface area contributed by atoms with E-state index in [4.69, 9.17) is 31.5 Å². The molecule has 146 valence electrons. The number of aliphatic hydroxyl groups is 1. The third kappa shape index (κ3) is 3.22. The predicted octanol–water partition coefficient (Wildman–Crippen LogP) is 1.07. The summed E-state index contributed by atoms with van der Waals surface area (Å²) in [5.74, 6) is 0.0172. The molecule has 0 unspecified atom stereocenters. The van der Waals surface area contributed by atoms with Gasteiger partial charge in [-0.3, -0.25) is 4.79 Å². The third-order valence-corrected chi connectivity index (χ3v) is 7.94. The van der Waals surface area contributed by atoms with Crippen LogP contribution >= 0.6 is 11.6 Å². The van der Waals surface area contributed by atoms with E-state index in [9.17, 15) is 13.5 Å². The molecule has 4 rings (SSSR count). The lowest BCUT2D eigenvalue weighted by Gasteiger charge is -2.27. The molecule has 3 heterocycles. The van der Waals surface area contributed by atoms with Crippen molar-refractivity contribution in [3.8, 4) is 6.07 Å². The summed E-state index contributed by atoms with van der Waals surface area (Å²) >= 11 is 6.10. The fraction of sp³-hybridized carbons (Fsp3) is 0.529. The highest BCUT2D eigenvalue weighted by Gasteiger charge is 2.64. The van der Waals surface area contributed by atoms with Crippen molar-refractivity contribution in [1.82, 2.24) is 4.31 Å². The zero-order valence-corrected chi connectivity index (χ0v) is 15.9. The Hall–Kier alpha value is -1.70. The molecule has 3 fully saturated rings. The molecule has 1 aromatic carbocycles. The molecule has 0 saturated carbocycles. The topological polar surface area (TPSA) is 128 Å². The second-order valence-electron chi connectivity index (χ2n) is 6.87. The van der Waals surface area contributed by atoms with E-state index in [1.54, 1.807) is 0 Å². The Kier molecular flexibility index (Phi) is 5.47. The first-order chi connectivity index (χ1) is 12.8. The third-order valence-electron chi connectivity index (χ3n) is 5.64. The smallest absolute Gasteiger partial charge is 0.290 e. The van der Waals surface area contributed by atoms with E-state index < -0.39 is 15.6 Å². The zero-order chi connectivity index (χ0) is 19.8. The molecular formula is C17H19ClN2O6S. The molecule has 4 atom stereocenters. The van der Waals surface area contributed by atoms with Crippen molar-refractivity contribution in [2.45, 2.75) is 29.4 Å². The summed E-state index contributed by atoms with van der Waals surface area (Å²) in [5.41, 5.74) is -0.150. The highest BCUT2D eigenvalue weighted by molar-refractivity contribution is 7.89. The van der Waals surface area contributed by atoms with Gasteiger partial charge in [-0.2, -0.15) is 9.57 Å². The molecule has 1 aromatic rings. The van der Waals surface area contributed by atoms with Gasteiger partial charge in [-0.05, 0) is 31.0 Å². The largest absolute Gasteiger partial charge is 0.483 e. The molecule has 0 amide bonds. The highest BCUT2D eigenvalue weighted by atomic mass is 35.5. The van der Waals surface area contributed by atoms with Crippen LogP contribution in [0.5, 0.6) is 0 Å². The summed E-state index contributed by atoms with van der Waals surface area (Å²) in [5, 5.41) is 25.5. The number of ether oxygens (including phenoxy) is 1. The second kappa shape index (κ2) is 7.37. The van der Waals surface area contributed by atoms with Gasteiger partial charge in [-0.25, -0.2) is 8.42 Å². The average molecular weight is 415 g/mol. The summed E-state index contributed by atoms with van der Waals surface area (Å²) < 4.78 is 33.5. The maximum atomic E-state index is 13.0. The first-order valence-electron chi connectivity index (χ1n) is 8.39. The SMILES string of the molecule is N#Cc1ccc(S(=O)(=O)N2C[C@@H]3[C@H](CO)[C@H]4CC[C@]3(C2)O4)c(Cl)c1.O=CO. The van der Waals surface area contributed by atoms with Crippen molar-refractivity contribution in [1.29, 1.82) is 5.26 Å². The Bertz CT molecular complexity index is 886. The number of carbonyl (C=O) groups is 1. The maximum absolute atomic E-state index is 13.0. The van der Waals surface area contributed by atoms with Gasteiger partial charge in [0.1, 0.15) is 4.90 Å². The van der Waals surface area contributed by atoms with Crippen molar-refractivity contribution in [2.75, 3.05) is 19.7 Å². The van der Waals surface area contributed by atoms with E-state index in [-0.39, 0.29) is 40.9 Å². The summed E-state index contributed by atoms with van der Waals surface area (Å²) in [6.07, 6.45) is 1.74. The Morgan fingerprint density at radius 3 is 2.78 bits per heavy atom. The minimum absolute atomic E-state index is 0.00427. The molecule has 2 N–H and O–H groups in total. The Balaban J connectivity index is 0.000000659. The number of aliphatic hydroxyl groups excluding tert-OH is 1. The lowest BCUT2D eigenvalue weighted by molar-refractivity contribution is -0.122. The number of benzene rings is 1. The molecule has 2 bridgehead atoms. The number of sulfonamides is 1. The molecule has 3 aliphatic heterocycles. The van der Waals surface area contributed by atoms with Crippen LogP contribution in [0, 0.1) is 23.2 Å². The number of halogens is 1. The van der Waals surface area contributed by atoms with Gasteiger partial charge < -0.3 is 14.9 Å². The normalized spacial score (nSPS) is 31.7. The van der Waals surface area contributed by atoms with Gasteiger partial charge in [0, 0.05) is 31.5 Å². The van der Waals surface area contributed by atoms with Crippen LogP contribution in [0.2, 0.25) is 5.02 Å². The van der Waals surface area contributed by atoms with Gasteiger partial charge in [0.05, 0.1) is 28.4 Å². The Morgan fingerprint density at radius 2 is 2.19 bits per heavy atom. The monoisotopic (exact) mass is 414 g/mol. The van der Waals surface area contributed by atoms with E-state index >= 15 is 0 Å². The van der Waals surface area contributed by atoms with Crippen molar-refractivity contribution >= 4 is 28.1 Å². The van der Waals surface area contributed by atoms with Crippen molar-refractivity contribution in [3.63, 3.8) is 0 Å². The van der Waals surface area contributed by atoms with Crippen LogP contribution in [0.4, 0.5) is 0 Å². The molecule has 27 heavy (non-hydrogen) atoms. The first-order valence-corrected chi connectivity index (χ1v) is 10.2. The van der Waals surface area contributed by atoms with Crippen molar-refractivity contribution in [2.24, 2.45) is 11.8 Å². The molecule has 0 radical (unpaired) electrons. The van der Waals surface area contributed by atoms with Crippen LogP contribution < -0.4 is 0 Å². The van der Waals surface area contributed by atoms with E-state index in [1.165, 1.54) is 22.5 Å². The van der Waals surface area contributed by atoms with E-state index in [0.29, 0.717) is 18.7 Å². The van der Waals surface area contributed by atoms with Gasteiger partial charge >= 0.3 is 0 Å². The van der Waals surface area contributed by atoms with Crippen LogP contribution in [-0.4, -0.2) is 60.8 Å². The van der Waals surface area contributed by atoms with Crippen LogP contribution in [0.15, 0.2) is 23.1 Å². The fourth-order valence-corrected chi connectivity index (χ4v) is 6.54. The average Bonchev–Trinajstić information content (AvgIpc) is 3.29. The number of nitrogens with zero attached hydrogens (tertiary/aromatic N) is 2. The van der Waals surface area contributed by atoms with Crippen LogP contribution in [0.1, 0.15) is 18.4 Å². The standard InChI is InChI=1S/C16H17ClN2O4S.CH2O2/c17-13-5-10(6-18)1-2-15(13)24(21,22)19-7-12-11(8-20)14-3-4-16(12,9-19)23-14;2-1-3/h1-2,5,11-12,14,20H,3-4,7-9H2;1H,(H,2,3)/t11-,12+,14+,16+;/m0./s1. The molecular weight excluding hydrogens is 396 g/mol. The maximum Gasteiger partial charge on any atom is 0.290 e. The van der Waals surface area contributed by atoms with Crippen LogP contribution in [0.3, 0.4) is 0 Å². The number of rotatable bonds is 3. The minimum Gasteiger partial charge on any atom is -0.483 e. The van der Waals surface area contributed by atoms with Gasteiger partial charge in [0.15, 0.2) is 0 Å². The molecule has 0 aromatic heterocycles. The van der Waals surface area contributed by atoms with Gasteiger partial charge in [-0.15, -0.1) is 0 Å². The number of fused-ring (bicyclic) bond motifs is 1. The van der Waals surface area contributed by atoms with Gasteiger partial charge in [0.25, 0.3) is 6.47 Å². The quantitative estimate of drug-likeness (QED) is 0.708. The molecule has 1 spiro atoms. The van der Waals surface area contributed by atoms with Crippen LogP contribution in [-0.2, 0) is 19.6 Å². The summed E-state index contributed by atoms with van der Waals surface area (Å²) in [4.78, 5) is 8.37. The summed E-state index contributed by atoms with van der Waals surface area (Å²) in [6.45, 7) is 0.395. The fourth-order valence-electron chi connectivity index (χ4n) is 4.49. The first kappa shape index (κ1) is 20.0. The van der Waals surface area contributed by atoms with Gasteiger partial charge in [-0.1, -0.05) is 11.6 Å². The summed E-state index contributed by atoms with van der Waals surface area (Å²) in [7, 11) is -3.77. The molecule has 3 saturated heterocycles. The molecule has 10 heteroatoms. The van der Waals surface area contributed by atoms with E-state index in [1.807, 2.05) is 6.07 Å². The number of hydrogen-bond donors (Lipinski definition) is 2. The second-order valence-corrected chi connectivity index (χ2v) is 9.19. The van der Waals surface area contributed by atoms with Gasteiger partial charge in [0.2, 0.25) is 10.0 Å². The number of nitriles is 1. The van der Waals surface area contributed by atoms with E-state index in [2.05, 4.69) is 0 Å². The zero-order valence-electron chi connectivity index (χ0n) is 14.3. The minimum atomic E-state index is -3.77. The molecule has 0 aliphatic carbocycles. The van der Waals surface area contributed by atoms with Crippen LogP contribution in [0.25, 0.3) is 0 Å².